The molecule has 108 valence electrons. The Kier molecular flexibility index (Phi) is 5.91. The SMILES string of the molecule is CC(O)CC(C)NC(C)(CN)Cc1ccc(F)cc1. The molecule has 0 spiro atoms. The maximum atomic E-state index is 12.9. The lowest BCUT2D eigenvalue weighted by molar-refractivity contribution is 0.161. The van der Waals surface area contributed by atoms with E-state index in [2.05, 4.69) is 12.2 Å². The summed E-state index contributed by atoms with van der Waals surface area (Å²) in [5.74, 6) is -0.228. The number of halogens is 1. The molecule has 0 saturated carbocycles. The number of rotatable bonds is 7. The van der Waals surface area contributed by atoms with E-state index in [1.165, 1.54) is 12.1 Å². The Hall–Kier alpha value is -0.970. The summed E-state index contributed by atoms with van der Waals surface area (Å²) in [6.07, 6.45) is 1.07. The highest BCUT2D eigenvalue weighted by Crippen LogP contribution is 2.15. The second-order valence-electron chi connectivity index (χ2n) is 5.70. The van der Waals surface area contributed by atoms with Gasteiger partial charge in [-0.1, -0.05) is 12.1 Å². The first-order valence-electron chi connectivity index (χ1n) is 6.75. The number of hydrogen-bond donors (Lipinski definition) is 3. The molecular formula is C15H25FN2O. The minimum absolute atomic E-state index is 0.175. The lowest BCUT2D eigenvalue weighted by Gasteiger charge is -2.33. The molecule has 0 aliphatic carbocycles. The average molecular weight is 268 g/mol. The molecule has 3 atom stereocenters. The molecule has 19 heavy (non-hydrogen) atoms. The monoisotopic (exact) mass is 268 g/mol. The summed E-state index contributed by atoms with van der Waals surface area (Å²) in [6.45, 7) is 6.34. The number of nitrogens with two attached hydrogens (primary N) is 1. The van der Waals surface area contributed by atoms with E-state index in [0.717, 1.165) is 12.0 Å². The summed E-state index contributed by atoms with van der Waals surface area (Å²) in [6, 6.07) is 6.67. The van der Waals surface area contributed by atoms with Gasteiger partial charge in [0.05, 0.1) is 6.10 Å². The number of nitrogens with one attached hydrogen (secondary N) is 1. The predicted octanol–water partition coefficient (Wildman–Crippen LogP) is 1.83. The molecule has 0 aliphatic heterocycles. The van der Waals surface area contributed by atoms with Crippen LogP contribution in [-0.4, -0.2) is 29.3 Å². The third-order valence-electron chi connectivity index (χ3n) is 3.25. The zero-order chi connectivity index (χ0) is 14.5. The van der Waals surface area contributed by atoms with Gasteiger partial charge in [-0.25, -0.2) is 4.39 Å². The number of hydrogen-bond acceptors (Lipinski definition) is 3. The van der Waals surface area contributed by atoms with Gasteiger partial charge in [-0.05, 0) is 51.3 Å². The van der Waals surface area contributed by atoms with E-state index < -0.39 is 0 Å². The zero-order valence-electron chi connectivity index (χ0n) is 12.0. The summed E-state index contributed by atoms with van der Waals surface area (Å²) in [7, 11) is 0. The van der Waals surface area contributed by atoms with Gasteiger partial charge >= 0.3 is 0 Å². The van der Waals surface area contributed by atoms with Crippen LogP contribution in [0, 0.1) is 5.82 Å². The van der Waals surface area contributed by atoms with Crippen LogP contribution in [0.15, 0.2) is 24.3 Å². The van der Waals surface area contributed by atoms with Crippen LogP contribution in [0.4, 0.5) is 4.39 Å². The Balaban J connectivity index is 2.66. The van der Waals surface area contributed by atoms with Crippen molar-refractivity contribution >= 4 is 0 Å². The fraction of sp³-hybridized carbons (Fsp3) is 0.600. The Morgan fingerprint density at radius 1 is 1.32 bits per heavy atom. The molecule has 1 aromatic carbocycles. The van der Waals surface area contributed by atoms with Crippen molar-refractivity contribution in [2.75, 3.05) is 6.54 Å². The van der Waals surface area contributed by atoms with E-state index in [9.17, 15) is 9.50 Å². The van der Waals surface area contributed by atoms with Crippen molar-refractivity contribution in [3.05, 3.63) is 35.6 Å². The van der Waals surface area contributed by atoms with Gasteiger partial charge in [-0.3, -0.25) is 0 Å². The van der Waals surface area contributed by atoms with E-state index in [1.54, 1.807) is 19.1 Å². The standard InChI is InChI=1S/C15H25FN2O/c1-11(8-12(2)19)18-15(3,10-17)9-13-4-6-14(16)7-5-13/h4-7,11-12,18-19H,8-10,17H2,1-3H3. The lowest BCUT2D eigenvalue weighted by atomic mass is 9.91. The quantitative estimate of drug-likeness (QED) is 0.707. The fourth-order valence-electron chi connectivity index (χ4n) is 2.40. The predicted molar refractivity (Wildman–Crippen MR) is 76.5 cm³/mol. The van der Waals surface area contributed by atoms with E-state index in [1.807, 2.05) is 6.92 Å². The number of aliphatic hydroxyl groups excluding tert-OH is 1. The van der Waals surface area contributed by atoms with Gasteiger partial charge in [0.2, 0.25) is 0 Å². The third kappa shape index (κ3) is 5.68. The van der Waals surface area contributed by atoms with Gasteiger partial charge in [0.25, 0.3) is 0 Å². The number of aliphatic hydroxyl groups is 1. The second-order valence-corrected chi connectivity index (χ2v) is 5.70. The summed E-state index contributed by atoms with van der Waals surface area (Å²) in [5.41, 5.74) is 6.65. The minimum atomic E-state index is -0.338. The highest BCUT2D eigenvalue weighted by atomic mass is 19.1. The van der Waals surface area contributed by atoms with Crippen LogP contribution in [0.3, 0.4) is 0 Å². The van der Waals surface area contributed by atoms with Crippen LogP contribution in [0.2, 0.25) is 0 Å². The molecule has 3 nitrogen and oxygen atoms in total. The fourth-order valence-corrected chi connectivity index (χ4v) is 2.40. The topological polar surface area (TPSA) is 58.3 Å². The second kappa shape index (κ2) is 6.98. The summed E-state index contributed by atoms with van der Waals surface area (Å²) < 4.78 is 12.9. The van der Waals surface area contributed by atoms with E-state index >= 15 is 0 Å². The van der Waals surface area contributed by atoms with E-state index in [0.29, 0.717) is 13.0 Å². The molecule has 0 saturated heterocycles. The number of benzene rings is 1. The van der Waals surface area contributed by atoms with Gasteiger partial charge in [0, 0.05) is 18.1 Å². The molecule has 1 rings (SSSR count). The molecule has 0 aromatic heterocycles. The molecule has 0 bridgehead atoms. The highest BCUT2D eigenvalue weighted by Gasteiger charge is 2.25. The maximum absolute atomic E-state index is 12.9. The Bertz CT molecular complexity index is 380. The first kappa shape index (κ1) is 16.1. The zero-order valence-corrected chi connectivity index (χ0v) is 12.0. The van der Waals surface area contributed by atoms with Crippen molar-refractivity contribution < 1.29 is 9.50 Å². The van der Waals surface area contributed by atoms with Crippen molar-refractivity contribution in [1.29, 1.82) is 0 Å². The van der Waals surface area contributed by atoms with Crippen molar-refractivity contribution in [2.45, 2.75) is 51.3 Å². The Labute approximate surface area is 115 Å². The van der Waals surface area contributed by atoms with Gasteiger partial charge in [-0.15, -0.1) is 0 Å². The van der Waals surface area contributed by atoms with Crippen molar-refractivity contribution in [3.63, 3.8) is 0 Å². The third-order valence-corrected chi connectivity index (χ3v) is 3.25. The average Bonchev–Trinajstić information content (AvgIpc) is 2.31. The molecule has 0 fully saturated rings. The van der Waals surface area contributed by atoms with Crippen LogP contribution in [0.1, 0.15) is 32.8 Å². The normalized spacial score (nSPS) is 17.8. The van der Waals surface area contributed by atoms with Crippen LogP contribution in [-0.2, 0) is 6.42 Å². The molecule has 3 unspecified atom stereocenters. The largest absolute Gasteiger partial charge is 0.393 e. The first-order chi connectivity index (χ1) is 8.84. The first-order valence-corrected chi connectivity index (χ1v) is 6.75. The van der Waals surface area contributed by atoms with Gasteiger partial charge in [0.1, 0.15) is 5.82 Å². The van der Waals surface area contributed by atoms with Crippen molar-refractivity contribution in [1.82, 2.24) is 5.32 Å². The lowest BCUT2D eigenvalue weighted by Crippen LogP contribution is -2.54. The smallest absolute Gasteiger partial charge is 0.123 e. The summed E-state index contributed by atoms with van der Waals surface area (Å²) >= 11 is 0. The van der Waals surface area contributed by atoms with Crippen LogP contribution in [0.5, 0.6) is 0 Å². The Morgan fingerprint density at radius 2 is 1.89 bits per heavy atom. The molecule has 4 N–H and O–H groups in total. The van der Waals surface area contributed by atoms with E-state index in [-0.39, 0.29) is 23.5 Å². The molecule has 0 aliphatic rings. The van der Waals surface area contributed by atoms with Crippen LogP contribution in [0.25, 0.3) is 0 Å². The van der Waals surface area contributed by atoms with Gasteiger partial charge in [0.15, 0.2) is 0 Å². The molecule has 4 heteroatoms. The van der Waals surface area contributed by atoms with Crippen LogP contribution >= 0.6 is 0 Å². The molecule has 1 aromatic rings. The molecular weight excluding hydrogens is 243 g/mol. The minimum Gasteiger partial charge on any atom is -0.393 e. The molecule has 0 amide bonds. The van der Waals surface area contributed by atoms with Gasteiger partial charge in [-0.2, -0.15) is 0 Å². The summed E-state index contributed by atoms with van der Waals surface area (Å²) in [4.78, 5) is 0. The van der Waals surface area contributed by atoms with Crippen molar-refractivity contribution in [2.24, 2.45) is 5.73 Å². The summed E-state index contributed by atoms with van der Waals surface area (Å²) in [5, 5.41) is 12.9. The molecule has 0 radical (unpaired) electrons. The Morgan fingerprint density at radius 3 is 2.37 bits per heavy atom. The van der Waals surface area contributed by atoms with Crippen molar-refractivity contribution in [3.8, 4) is 0 Å². The van der Waals surface area contributed by atoms with Gasteiger partial charge < -0.3 is 16.2 Å². The van der Waals surface area contributed by atoms with E-state index in [4.69, 9.17) is 5.73 Å². The highest BCUT2D eigenvalue weighted by molar-refractivity contribution is 5.19. The van der Waals surface area contributed by atoms with Crippen LogP contribution < -0.4 is 11.1 Å². The molecule has 0 heterocycles. The maximum Gasteiger partial charge on any atom is 0.123 e.